The van der Waals surface area contributed by atoms with Gasteiger partial charge in [0.15, 0.2) is 5.16 Å². The molecule has 9 heteroatoms. The van der Waals surface area contributed by atoms with Crippen molar-refractivity contribution in [2.24, 2.45) is 7.05 Å². The number of nitrogens with zero attached hydrogens (tertiary/aromatic N) is 2. The minimum absolute atomic E-state index is 0.316. The van der Waals surface area contributed by atoms with Crippen LogP contribution in [0.25, 0.3) is 0 Å². The lowest BCUT2D eigenvalue weighted by Gasteiger charge is -2.13. The first kappa shape index (κ1) is 14.8. The molecule has 1 unspecified atom stereocenters. The van der Waals surface area contributed by atoms with Crippen LogP contribution >= 0.6 is 11.8 Å². The number of hydrogen-bond donors (Lipinski definition) is 3. The van der Waals surface area contributed by atoms with Crippen LogP contribution in [0.15, 0.2) is 14.7 Å². The second-order valence-electron chi connectivity index (χ2n) is 4.67. The lowest BCUT2D eigenvalue weighted by molar-refractivity contribution is -0.139. The molecule has 0 spiro atoms. The Morgan fingerprint density at radius 1 is 1.60 bits per heavy atom. The van der Waals surface area contributed by atoms with Crippen molar-refractivity contribution in [1.82, 2.24) is 20.1 Å². The number of aromatic amines is 1. The summed E-state index contributed by atoms with van der Waals surface area (Å²) in [4.78, 5) is 36.9. The summed E-state index contributed by atoms with van der Waals surface area (Å²) < 4.78 is 1.36. The van der Waals surface area contributed by atoms with Crippen LogP contribution in [-0.4, -0.2) is 43.7 Å². The Labute approximate surface area is 118 Å². The first-order valence-corrected chi connectivity index (χ1v) is 7.25. The van der Waals surface area contributed by atoms with Crippen molar-refractivity contribution in [3.8, 4) is 0 Å². The average Bonchev–Trinajstić information content (AvgIpc) is 3.18. The predicted molar refractivity (Wildman–Crippen MR) is 73.0 cm³/mol. The molecular weight excluding hydrogens is 284 g/mol. The number of nitrogens with one attached hydrogen (secondary N) is 2. The fourth-order valence-corrected chi connectivity index (χ4v) is 2.59. The summed E-state index contributed by atoms with van der Waals surface area (Å²) in [5.41, 5.74) is -1.60. The number of hydrogen-bond acceptors (Lipinski definition) is 6. The number of aliphatic carboxylic acids is 1. The Morgan fingerprint density at radius 2 is 2.30 bits per heavy atom. The second kappa shape index (κ2) is 6.23. The first-order chi connectivity index (χ1) is 9.47. The maximum Gasteiger partial charge on any atom is 0.339 e. The topological polar surface area (TPSA) is 117 Å². The molecule has 1 aliphatic rings. The maximum atomic E-state index is 11.2. The number of aromatic nitrogens is 3. The highest BCUT2D eigenvalue weighted by Gasteiger charge is 2.27. The quantitative estimate of drug-likeness (QED) is 0.444. The van der Waals surface area contributed by atoms with Gasteiger partial charge in [0.05, 0.1) is 0 Å². The number of aryl methyl sites for hydroxylation is 1. The summed E-state index contributed by atoms with van der Waals surface area (Å²) >= 11 is 1.24. The highest BCUT2D eigenvalue weighted by Crippen LogP contribution is 2.21. The Hall–Kier alpha value is -1.61. The number of carboxylic acids is 1. The van der Waals surface area contributed by atoms with E-state index in [2.05, 4.69) is 15.4 Å². The van der Waals surface area contributed by atoms with Gasteiger partial charge in [0.2, 0.25) is 0 Å². The number of carbonyl (C=O) groups is 1. The molecule has 1 saturated carbocycles. The Morgan fingerprint density at radius 3 is 2.90 bits per heavy atom. The number of rotatable bonds is 7. The van der Waals surface area contributed by atoms with Gasteiger partial charge in [-0.15, -0.1) is 0 Å². The molecule has 110 valence electrons. The second-order valence-corrected chi connectivity index (χ2v) is 5.73. The number of carboxylic acid groups (broad SMARTS) is 1. The van der Waals surface area contributed by atoms with Crippen molar-refractivity contribution in [2.45, 2.75) is 36.5 Å². The van der Waals surface area contributed by atoms with E-state index < -0.39 is 23.1 Å². The maximum absolute atomic E-state index is 11.2. The van der Waals surface area contributed by atoms with E-state index in [1.165, 1.54) is 16.4 Å². The lowest BCUT2D eigenvalue weighted by Crippen LogP contribution is -2.38. The molecule has 2 rings (SSSR count). The Bertz CT molecular complexity index is 607. The smallest absolute Gasteiger partial charge is 0.339 e. The molecule has 1 aromatic rings. The molecule has 0 amide bonds. The Balaban J connectivity index is 1.91. The standard InChI is InChI=1S/C11H16N4O4S/c1-15-11(13-8(16)9(17)14-15)20-5-4-7(10(18)19)12-6-2-3-6/h6-7,12H,2-5H2,1H3,(H,14,17)(H,18,19). The van der Waals surface area contributed by atoms with Crippen LogP contribution in [0.5, 0.6) is 0 Å². The molecular formula is C11H16N4O4S. The van der Waals surface area contributed by atoms with Crippen LogP contribution in [0, 0.1) is 0 Å². The molecule has 0 radical (unpaired) electrons. The Kier molecular flexibility index (Phi) is 4.61. The molecule has 1 atom stereocenters. The minimum atomic E-state index is -0.874. The van der Waals surface area contributed by atoms with Crippen LogP contribution in [0.2, 0.25) is 0 Å². The molecule has 1 fully saturated rings. The highest BCUT2D eigenvalue weighted by molar-refractivity contribution is 7.99. The van der Waals surface area contributed by atoms with Gasteiger partial charge < -0.3 is 10.4 Å². The van der Waals surface area contributed by atoms with Crippen LogP contribution in [0.3, 0.4) is 0 Å². The van der Waals surface area contributed by atoms with Crippen LogP contribution in [0.1, 0.15) is 19.3 Å². The SMILES string of the molecule is Cn1[nH]c(=O)c(=O)nc1SCCC(NC1CC1)C(=O)O. The van der Waals surface area contributed by atoms with Crippen molar-refractivity contribution >= 4 is 17.7 Å². The molecule has 0 aromatic carbocycles. The van der Waals surface area contributed by atoms with Gasteiger partial charge in [-0.05, 0) is 19.3 Å². The van der Waals surface area contributed by atoms with Gasteiger partial charge in [-0.3, -0.25) is 24.2 Å². The molecule has 1 heterocycles. The van der Waals surface area contributed by atoms with Gasteiger partial charge in [0.1, 0.15) is 6.04 Å². The van der Waals surface area contributed by atoms with Crippen LogP contribution < -0.4 is 16.4 Å². The summed E-state index contributed by atoms with van der Waals surface area (Å²) in [7, 11) is 1.58. The van der Waals surface area contributed by atoms with Crippen molar-refractivity contribution in [3.05, 3.63) is 20.7 Å². The van der Waals surface area contributed by atoms with Gasteiger partial charge in [-0.1, -0.05) is 11.8 Å². The first-order valence-electron chi connectivity index (χ1n) is 6.26. The minimum Gasteiger partial charge on any atom is -0.480 e. The third-order valence-electron chi connectivity index (χ3n) is 2.90. The van der Waals surface area contributed by atoms with Crippen molar-refractivity contribution in [2.75, 3.05) is 5.75 Å². The summed E-state index contributed by atoms with van der Waals surface area (Å²) in [6.45, 7) is 0. The van der Waals surface area contributed by atoms with E-state index in [1.807, 2.05) is 0 Å². The van der Waals surface area contributed by atoms with Gasteiger partial charge in [0.25, 0.3) is 0 Å². The van der Waals surface area contributed by atoms with Gasteiger partial charge in [0, 0.05) is 18.8 Å². The van der Waals surface area contributed by atoms with Gasteiger partial charge >= 0.3 is 17.1 Å². The van der Waals surface area contributed by atoms with Crippen molar-refractivity contribution in [3.63, 3.8) is 0 Å². The highest BCUT2D eigenvalue weighted by atomic mass is 32.2. The zero-order valence-corrected chi connectivity index (χ0v) is 11.8. The summed E-state index contributed by atoms with van der Waals surface area (Å²) in [5, 5.41) is 14.9. The largest absolute Gasteiger partial charge is 0.480 e. The van der Waals surface area contributed by atoms with E-state index in [0.717, 1.165) is 12.8 Å². The van der Waals surface area contributed by atoms with E-state index in [-0.39, 0.29) is 0 Å². The zero-order chi connectivity index (χ0) is 14.7. The van der Waals surface area contributed by atoms with Crippen LogP contribution in [0.4, 0.5) is 0 Å². The monoisotopic (exact) mass is 300 g/mol. The molecule has 1 aliphatic carbocycles. The number of thioether (sulfide) groups is 1. The molecule has 1 aromatic heterocycles. The molecule has 0 saturated heterocycles. The lowest BCUT2D eigenvalue weighted by atomic mass is 10.2. The van der Waals surface area contributed by atoms with Gasteiger partial charge in [-0.2, -0.15) is 4.98 Å². The van der Waals surface area contributed by atoms with E-state index in [4.69, 9.17) is 5.11 Å². The van der Waals surface area contributed by atoms with E-state index >= 15 is 0 Å². The predicted octanol–water partition coefficient (Wildman–Crippen LogP) is -0.844. The van der Waals surface area contributed by atoms with Crippen molar-refractivity contribution in [1.29, 1.82) is 0 Å². The normalized spacial score (nSPS) is 16.1. The molecule has 8 nitrogen and oxygen atoms in total. The number of H-pyrrole nitrogens is 1. The third-order valence-corrected chi connectivity index (χ3v) is 3.96. The summed E-state index contributed by atoms with van der Waals surface area (Å²) in [5.74, 6) is -0.385. The fourth-order valence-electron chi connectivity index (χ4n) is 1.67. The molecule has 3 N–H and O–H groups in total. The van der Waals surface area contributed by atoms with Crippen molar-refractivity contribution < 1.29 is 9.90 Å². The van der Waals surface area contributed by atoms with Gasteiger partial charge in [-0.25, -0.2) is 0 Å². The third kappa shape index (κ3) is 3.94. The van der Waals surface area contributed by atoms with E-state index in [1.54, 1.807) is 7.05 Å². The fraction of sp³-hybridized carbons (Fsp3) is 0.636. The summed E-state index contributed by atoms with van der Waals surface area (Å²) in [6.07, 6.45) is 2.46. The molecule has 0 aliphatic heterocycles. The van der Waals surface area contributed by atoms with E-state index in [9.17, 15) is 14.4 Å². The zero-order valence-electron chi connectivity index (χ0n) is 11.0. The summed E-state index contributed by atoms with van der Waals surface area (Å²) in [6, 6.07) is -0.272. The molecule has 0 bridgehead atoms. The van der Waals surface area contributed by atoms with Crippen LogP contribution in [-0.2, 0) is 11.8 Å². The van der Waals surface area contributed by atoms with E-state index in [0.29, 0.717) is 23.4 Å². The molecule has 20 heavy (non-hydrogen) atoms. The average molecular weight is 300 g/mol.